The summed E-state index contributed by atoms with van der Waals surface area (Å²) in [5, 5.41) is 16.8. The first-order valence-corrected chi connectivity index (χ1v) is 6.95. The zero-order valence-electron chi connectivity index (χ0n) is 12.6. The Bertz CT molecular complexity index is 912. The van der Waals surface area contributed by atoms with Crippen molar-refractivity contribution >= 4 is 28.6 Å². The van der Waals surface area contributed by atoms with Gasteiger partial charge in [0.25, 0.3) is 0 Å². The highest BCUT2D eigenvalue weighted by Gasteiger charge is 2.21. The van der Waals surface area contributed by atoms with Gasteiger partial charge >= 0.3 is 5.69 Å². The van der Waals surface area contributed by atoms with Crippen molar-refractivity contribution in [3.63, 3.8) is 0 Å². The Morgan fingerprint density at radius 2 is 1.91 bits per heavy atom. The Hall–Kier alpha value is -3.15. The molecular weight excluding hydrogens is 296 g/mol. The smallest absolute Gasteiger partial charge is 0.338 e. The summed E-state index contributed by atoms with van der Waals surface area (Å²) in [5.74, 6) is 0.995. The maximum Gasteiger partial charge on any atom is 0.338 e. The number of hydrogen-bond acceptors (Lipinski definition) is 5. The first-order valence-electron chi connectivity index (χ1n) is 6.95. The average Bonchev–Trinajstić information content (AvgIpc) is 2.93. The number of benzene rings is 2. The third-order valence-corrected chi connectivity index (χ3v) is 3.54. The number of rotatable bonds is 4. The van der Waals surface area contributed by atoms with Gasteiger partial charge in [0, 0.05) is 6.92 Å². The molecule has 1 aromatic heterocycles. The molecule has 0 fully saturated rings. The van der Waals surface area contributed by atoms with Crippen LogP contribution in [0.4, 0.5) is 5.69 Å². The molecule has 1 heterocycles. The molecule has 0 atom stereocenters. The first-order chi connectivity index (χ1) is 11.1. The molecule has 23 heavy (non-hydrogen) atoms. The fourth-order valence-electron chi connectivity index (χ4n) is 2.36. The predicted molar refractivity (Wildman–Crippen MR) is 87.3 cm³/mol. The van der Waals surface area contributed by atoms with E-state index in [1.54, 1.807) is 19.3 Å². The zero-order valence-corrected chi connectivity index (χ0v) is 12.6. The van der Waals surface area contributed by atoms with Gasteiger partial charge in [-0.3, -0.25) is 10.1 Å². The van der Waals surface area contributed by atoms with Crippen LogP contribution in [-0.4, -0.2) is 17.2 Å². The molecule has 0 radical (unpaired) electrons. The number of nitro groups is 1. The second-order valence-corrected chi connectivity index (χ2v) is 5.04. The number of aryl methyl sites for hydroxylation is 1. The van der Waals surface area contributed by atoms with Crippen LogP contribution in [0.5, 0.6) is 5.75 Å². The fraction of sp³-hybridized carbons (Fsp3) is 0.118. The molecule has 0 saturated carbocycles. The van der Waals surface area contributed by atoms with Gasteiger partial charge in [-0.1, -0.05) is 29.4 Å². The number of fused-ring (bicyclic) bond motifs is 1. The Morgan fingerprint density at radius 3 is 2.65 bits per heavy atom. The first kappa shape index (κ1) is 14.8. The molecule has 0 aliphatic heterocycles. The van der Waals surface area contributed by atoms with Crippen LogP contribution < -0.4 is 4.74 Å². The fourth-order valence-corrected chi connectivity index (χ4v) is 2.36. The molecule has 2 aromatic carbocycles. The number of aromatic nitrogens is 1. The summed E-state index contributed by atoms with van der Waals surface area (Å²) in [6.07, 6.45) is 3.35. The third-order valence-electron chi connectivity index (χ3n) is 3.54. The van der Waals surface area contributed by atoms with E-state index in [1.807, 2.05) is 36.4 Å². The number of methoxy groups -OCH3 is 1. The predicted octanol–water partition coefficient (Wildman–Crippen LogP) is 4.22. The molecule has 0 aliphatic carbocycles. The molecule has 0 unspecified atom stereocenters. The second kappa shape index (κ2) is 5.92. The lowest BCUT2D eigenvalue weighted by molar-refractivity contribution is -0.386. The largest absolute Gasteiger partial charge is 0.497 e. The molecule has 0 amide bonds. The Morgan fingerprint density at radius 1 is 1.17 bits per heavy atom. The molecule has 116 valence electrons. The normalized spacial score (nSPS) is 11.2. The molecule has 3 aromatic rings. The lowest BCUT2D eigenvalue weighted by Crippen LogP contribution is -1.90. The van der Waals surface area contributed by atoms with Gasteiger partial charge in [0.05, 0.1) is 12.0 Å². The maximum atomic E-state index is 11.0. The van der Waals surface area contributed by atoms with Gasteiger partial charge in [-0.2, -0.15) is 0 Å². The average molecular weight is 310 g/mol. The van der Waals surface area contributed by atoms with Crippen molar-refractivity contribution < 1.29 is 14.2 Å². The summed E-state index contributed by atoms with van der Waals surface area (Å²) < 4.78 is 10.1. The SMILES string of the molecule is COc1ccc2cc(C=Cc3noc(C)c3[N+](=O)[O-])ccc2c1. The quantitative estimate of drug-likeness (QED) is 0.532. The van der Waals surface area contributed by atoms with Crippen LogP contribution in [0, 0.1) is 17.0 Å². The molecule has 0 bridgehead atoms. The van der Waals surface area contributed by atoms with Crippen molar-refractivity contribution in [3.8, 4) is 5.75 Å². The van der Waals surface area contributed by atoms with Gasteiger partial charge in [-0.25, -0.2) is 0 Å². The van der Waals surface area contributed by atoms with E-state index in [9.17, 15) is 10.1 Å². The van der Waals surface area contributed by atoms with Gasteiger partial charge in [-0.15, -0.1) is 0 Å². The summed E-state index contributed by atoms with van der Waals surface area (Å²) in [7, 11) is 1.63. The van der Waals surface area contributed by atoms with E-state index in [4.69, 9.17) is 9.26 Å². The standard InChI is InChI=1S/C17H14N2O4/c1-11-17(19(20)21)16(18-23-11)8-4-12-3-5-14-10-15(22-2)7-6-13(14)9-12/h3-10H,1-2H3. The Kier molecular flexibility index (Phi) is 3.80. The molecule has 0 spiro atoms. The molecule has 0 saturated heterocycles. The Balaban J connectivity index is 1.94. The summed E-state index contributed by atoms with van der Waals surface area (Å²) in [4.78, 5) is 10.5. The molecule has 6 nitrogen and oxygen atoms in total. The van der Waals surface area contributed by atoms with Crippen LogP contribution in [0.3, 0.4) is 0 Å². The van der Waals surface area contributed by atoms with Gasteiger partial charge in [0.2, 0.25) is 5.76 Å². The topological polar surface area (TPSA) is 78.4 Å². The van der Waals surface area contributed by atoms with Crippen molar-refractivity contribution in [2.24, 2.45) is 0 Å². The summed E-state index contributed by atoms with van der Waals surface area (Å²) >= 11 is 0. The van der Waals surface area contributed by atoms with Crippen molar-refractivity contribution in [2.75, 3.05) is 7.11 Å². The van der Waals surface area contributed by atoms with E-state index in [-0.39, 0.29) is 17.1 Å². The van der Waals surface area contributed by atoms with Crippen molar-refractivity contribution in [1.82, 2.24) is 5.16 Å². The highest BCUT2D eigenvalue weighted by atomic mass is 16.6. The van der Waals surface area contributed by atoms with E-state index in [0.717, 1.165) is 22.1 Å². The lowest BCUT2D eigenvalue weighted by atomic mass is 10.1. The van der Waals surface area contributed by atoms with E-state index in [2.05, 4.69) is 5.16 Å². The van der Waals surface area contributed by atoms with Crippen LogP contribution in [0.1, 0.15) is 17.0 Å². The molecule has 0 N–H and O–H groups in total. The number of nitrogens with zero attached hydrogens (tertiary/aromatic N) is 2. The van der Waals surface area contributed by atoms with E-state index >= 15 is 0 Å². The van der Waals surface area contributed by atoms with Gasteiger partial charge < -0.3 is 9.26 Å². The molecular formula is C17H14N2O4. The number of hydrogen-bond donors (Lipinski definition) is 0. The van der Waals surface area contributed by atoms with Crippen LogP contribution in [0.25, 0.3) is 22.9 Å². The van der Waals surface area contributed by atoms with E-state index in [0.29, 0.717) is 0 Å². The van der Waals surface area contributed by atoms with Crippen molar-refractivity contribution in [1.29, 1.82) is 0 Å². The van der Waals surface area contributed by atoms with Crippen LogP contribution in [0.15, 0.2) is 40.9 Å². The summed E-state index contributed by atoms with van der Waals surface area (Å²) in [6.45, 7) is 1.52. The lowest BCUT2D eigenvalue weighted by Gasteiger charge is -2.03. The van der Waals surface area contributed by atoms with Crippen LogP contribution >= 0.6 is 0 Å². The van der Waals surface area contributed by atoms with Crippen LogP contribution in [0.2, 0.25) is 0 Å². The zero-order chi connectivity index (χ0) is 16.4. The van der Waals surface area contributed by atoms with Gasteiger partial charge in [-0.05, 0) is 40.6 Å². The maximum absolute atomic E-state index is 11.0. The highest BCUT2D eigenvalue weighted by molar-refractivity contribution is 5.87. The number of ether oxygens (including phenoxy) is 1. The second-order valence-electron chi connectivity index (χ2n) is 5.04. The molecule has 3 rings (SSSR count). The van der Waals surface area contributed by atoms with Gasteiger partial charge in [0.1, 0.15) is 5.75 Å². The minimum absolute atomic E-state index is 0.105. The summed E-state index contributed by atoms with van der Waals surface area (Å²) in [6, 6.07) is 11.7. The van der Waals surface area contributed by atoms with E-state index in [1.165, 1.54) is 6.92 Å². The van der Waals surface area contributed by atoms with E-state index < -0.39 is 4.92 Å². The molecule has 0 aliphatic rings. The van der Waals surface area contributed by atoms with Gasteiger partial charge in [0.15, 0.2) is 5.69 Å². The van der Waals surface area contributed by atoms with Crippen molar-refractivity contribution in [2.45, 2.75) is 6.92 Å². The molecule has 6 heteroatoms. The Labute approximate surface area is 132 Å². The van der Waals surface area contributed by atoms with Crippen molar-refractivity contribution in [3.05, 3.63) is 63.5 Å². The minimum Gasteiger partial charge on any atom is -0.497 e. The monoisotopic (exact) mass is 310 g/mol. The third kappa shape index (κ3) is 2.91. The van der Waals surface area contributed by atoms with Crippen LogP contribution in [-0.2, 0) is 0 Å². The minimum atomic E-state index is -0.488. The summed E-state index contributed by atoms with van der Waals surface area (Å²) in [5.41, 5.74) is 1.02. The highest BCUT2D eigenvalue weighted by Crippen LogP contribution is 2.26.